The number of anilines is 3. The summed E-state index contributed by atoms with van der Waals surface area (Å²) in [7, 11) is 0. The van der Waals surface area contributed by atoms with Gasteiger partial charge in [0.05, 0.1) is 5.69 Å². The first-order chi connectivity index (χ1) is 25.8. The molecule has 2 nitrogen and oxygen atoms in total. The van der Waals surface area contributed by atoms with Gasteiger partial charge in [0, 0.05) is 32.9 Å². The summed E-state index contributed by atoms with van der Waals surface area (Å²) >= 11 is 0. The SMILES string of the molecule is c1ccc2c(c1)ccc1cc(N(c3ccc(-c4cc5ccccc5c5ccccc45)cc3)c3cc4c5ccccc5oc4c4ccccc34)ccc12. The van der Waals surface area contributed by atoms with Crippen LogP contribution in [0.1, 0.15) is 0 Å². The summed E-state index contributed by atoms with van der Waals surface area (Å²) in [6, 6.07) is 68.2. The average Bonchev–Trinajstić information content (AvgIpc) is 3.60. The maximum atomic E-state index is 6.52. The molecule has 1 heterocycles. The molecule has 0 saturated carbocycles. The highest BCUT2D eigenvalue weighted by atomic mass is 16.3. The summed E-state index contributed by atoms with van der Waals surface area (Å²) in [5, 5.41) is 14.5. The van der Waals surface area contributed by atoms with Crippen molar-refractivity contribution in [3.63, 3.8) is 0 Å². The quantitative estimate of drug-likeness (QED) is 0.175. The zero-order valence-corrected chi connectivity index (χ0v) is 28.3. The van der Waals surface area contributed by atoms with Crippen LogP contribution in [0, 0.1) is 0 Å². The number of para-hydroxylation sites is 1. The fourth-order valence-corrected chi connectivity index (χ4v) is 8.36. The molecule has 2 heteroatoms. The smallest absolute Gasteiger partial charge is 0.143 e. The van der Waals surface area contributed by atoms with E-state index in [2.05, 4.69) is 187 Å². The average molecular weight is 662 g/mol. The Morgan fingerprint density at radius 3 is 1.69 bits per heavy atom. The van der Waals surface area contributed by atoms with Crippen molar-refractivity contribution in [3.8, 4) is 11.1 Å². The van der Waals surface area contributed by atoms with Crippen molar-refractivity contribution in [2.75, 3.05) is 4.90 Å². The molecule has 0 atom stereocenters. The van der Waals surface area contributed by atoms with E-state index in [-0.39, 0.29) is 0 Å². The number of benzene rings is 10. The molecule has 0 bridgehead atoms. The van der Waals surface area contributed by atoms with Gasteiger partial charge in [0.15, 0.2) is 0 Å². The highest BCUT2D eigenvalue weighted by Gasteiger charge is 2.21. The number of fused-ring (bicyclic) bond motifs is 11. The normalized spacial score (nSPS) is 11.8. The van der Waals surface area contributed by atoms with Crippen LogP contribution in [0.2, 0.25) is 0 Å². The Kier molecular flexibility index (Phi) is 6.28. The van der Waals surface area contributed by atoms with Gasteiger partial charge in [-0.15, -0.1) is 0 Å². The molecule has 0 N–H and O–H groups in total. The maximum Gasteiger partial charge on any atom is 0.143 e. The summed E-state index contributed by atoms with van der Waals surface area (Å²) in [6.07, 6.45) is 0. The number of rotatable bonds is 4. The zero-order valence-electron chi connectivity index (χ0n) is 28.3. The van der Waals surface area contributed by atoms with Crippen molar-refractivity contribution < 1.29 is 4.42 Å². The molecule has 11 rings (SSSR count). The van der Waals surface area contributed by atoms with Gasteiger partial charge in [-0.05, 0) is 96.7 Å². The summed E-state index contributed by atoms with van der Waals surface area (Å²) in [5.41, 5.74) is 7.55. The van der Waals surface area contributed by atoms with Crippen molar-refractivity contribution in [3.05, 3.63) is 188 Å². The van der Waals surface area contributed by atoms with Crippen LogP contribution in [0.4, 0.5) is 17.1 Å². The lowest BCUT2D eigenvalue weighted by Gasteiger charge is -2.28. The highest BCUT2D eigenvalue weighted by Crippen LogP contribution is 2.46. The van der Waals surface area contributed by atoms with Crippen molar-refractivity contribution >= 4 is 92.9 Å². The molecular weight excluding hydrogens is 631 g/mol. The second-order valence-electron chi connectivity index (χ2n) is 13.7. The molecule has 0 aliphatic heterocycles. The summed E-state index contributed by atoms with van der Waals surface area (Å²) < 4.78 is 6.52. The molecule has 0 unspecified atom stereocenters. The minimum Gasteiger partial charge on any atom is -0.455 e. The van der Waals surface area contributed by atoms with Crippen LogP contribution in [-0.4, -0.2) is 0 Å². The molecule has 0 aliphatic rings. The predicted octanol–water partition coefficient (Wildman–Crippen LogP) is 14.5. The first-order valence-electron chi connectivity index (χ1n) is 17.8. The minimum absolute atomic E-state index is 0.899. The third kappa shape index (κ3) is 4.38. The zero-order chi connectivity index (χ0) is 34.2. The Morgan fingerprint density at radius 1 is 0.327 bits per heavy atom. The van der Waals surface area contributed by atoms with E-state index in [0.717, 1.165) is 49.8 Å². The summed E-state index contributed by atoms with van der Waals surface area (Å²) in [5.74, 6) is 0. The van der Waals surface area contributed by atoms with Crippen molar-refractivity contribution in [1.29, 1.82) is 0 Å². The summed E-state index contributed by atoms with van der Waals surface area (Å²) in [4.78, 5) is 2.42. The van der Waals surface area contributed by atoms with Crippen LogP contribution in [0.5, 0.6) is 0 Å². The molecule has 11 aromatic rings. The van der Waals surface area contributed by atoms with Gasteiger partial charge in [-0.25, -0.2) is 0 Å². The largest absolute Gasteiger partial charge is 0.455 e. The van der Waals surface area contributed by atoms with Gasteiger partial charge >= 0.3 is 0 Å². The van der Waals surface area contributed by atoms with Gasteiger partial charge in [-0.3, -0.25) is 0 Å². The van der Waals surface area contributed by atoms with E-state index >= 15 is 0 Å². The fraction of sp³-hybridized carbons (Fsp3) is 0. The van der Waals surface area contributed by atoms with Crippen LogP contribution < -0.4 is 4.90 Å². The minimum atomic E-state index is 0.899. The lowest BCUT2D eigenvalue weighted by Crippen LogP contribution is -2.10. The van der Waals surface area contributed by atoms with E-state index in [4.69, 9.17) is 4.42 Å². The van der Waals surface area contributed by atoms with Crippen molar-refractivity contribution in [1.82, 2.24) is 0 Å². The summed E-state index contributed by atoms with van der Waals surface area (Å²) in [6.45, 7) is 0. The van der Waals surface area contributed by atoms with Crippen LogP contribution in [0.25, 0.3) is 86.9 Å². The number of nitrogens with zero attached hydrogens (tertiary/aromatic N) is 1. The standard InChI is InChI=1S/C50H31NO/c1-3-13-38-32(11-1)21-22-35-29-37(27-28-40(35)38)51(48-31-47-44-18-9-10-20-49(44)52-50(47)45-19-8-7-17-43(45)48)36-25-23-33(24-26-36)46-30-34-12-2-4-14-39(34)41-15-5-6-16-42(41)46/h1-31H. The molecule has 0 saturated heterocycles. The van der Waals surface area contributed by atoms with Crippen LogP contribution in [0.3, 0.4) is 0 Å². The maximum absolute atomic E-state index is 6.52. The van der Waals surface area contributed by atoms with E-state index < -0.39 is 0 Å². The molecule has 0 amide bonds. The molecule has 0 spiro atoms. The lowest BCUT2D eigenvalue weighted by atomic mass is 9.93. The molecule has 0 radical (unpaired) electrons. The monoisotopic (exact) mass is 661 g/mol. The van der Waals surface area contributed by atoms with E-state index in [1.54, 1.807) is 0 Å². The Bertz CT molecular complexity index is 3190. The Morgan fingerprint density at radius 2 is 0.885 bits per heavy atom. The van der Waals surface area contributed by atoms with E-state index in [1.807, 2.05) is 6.07 Å². The first-order valence-corrected chi connectivity index (χ1v) is 17.8. The second-order valence-corrected chi connectivity index (χ2v) is 13.7. The van der Waals surface area contributed by atoms with Gasteiger partial charge in [0.25, 0.3) is 0 Å². The van der Waals surface area contributed by atoms with Gasteiger partial charge in [-0.1, -0.05) is 146 Å². The van der Waals surface area contributed by atoms with Gasteiger partial charge in [0.1, 0.15) is 11.2 Å². The van der Waals surface area contributed by atoms with Gasteiger partial charge in [-0.2, -0.15) is 0 Å². The molecule has 1 aromatic heterocycles. The predicted molar refractivity (Wildman–Crippen MR) is 221 cm³/mol. The molecule has 10 aromatic carbocycles. The Labute approximate surface area is 300 Å². The second kappa shape index (κ2) is 11.3. The number of furan rings is 1. The van der Waals surface area contributed by atoms with E-state index in [9.17, 15) is 0 Å². The van der Waals surface area contributed by atoms with Gasteiger partial charge in [0.2, 0.25) is 0 Å². The van der Waals surface area contributed by atoms with E-state index in [0.29, 0.717) is 0 Å². The van der Waals surface area contributed by atoms with E-state index in [1.165, 1.54) is 54.2 Å². The molecule has 52 heavy (non-hydrogen) atoms. The Hall–Kier alpha value is -6.90. The molecular formula is C50H31NO. The van der Waals surface area contributed by atoms with Gasteiger partial charge < -0.3 is 9.32 Å². The third-order valence-electron chi connectivity index (χ3n) is 10.8. The highest BCUT2D eigenvalue weighted by molar-refractivity contribution is 6.20. The topological polar surface area (TPSA) is 16.4 Å². The molecule has 242 valence electrons. The van der Waals surface area contributed by atoms with Crippen LogP contribution in [0.15, 0.2) is 192 Å². The first kappa shape index (κ1) is 28.9. The Balaban J connectivity index is 1.16. The third-order valence-corrected chi connectivity index (χ3v) is 10.8. The van der Waals surface area contributed by atoms with Crippen LogP contribution >= 0.6 is 0 Å². The van der Waals surface area contributed by atoms with Crippen LogP contribution in [-0.2, 0) is 0 Å². The number of hydrogen-bond donors (Lipinski definition) is 0. The van der Waals surface area contributed by atoms with Crippen molar-refractivity contribution in [2.24, 2.45) is 0 Å². The molecule has 0 aliphatic carbocycles. The molecule has 0 fully saturated rings. The lowest BCUT2D eigenvalue weighted by molar-refractivity contribution is 0.672. The van der Waals surface area contributed by atoms with Crippen molar-refractivity contribution in [2.45, 2.75) is 0 Å². The fourth-order valence-electron chi connectivity index (χ4n) is 8.36. The number of hydrogen-bond acceptors (Lipinski definition) is 2.